The maximum Gasteiger partial charge on any atom is 0.125 e. The van der Waals surface area contributed by atoms with E-state index >= 15 is 0 Å². The van der Waals surface area contributed by atoms with Gasteiger partial charge in [0, 0.05) is 5.92 Å². The fourth-order valence-corrected chi connectivity index (χ4v) is 1.13. The molecule has 0 amide bonds. The van der Waals surface area contributed by atoms with Gasteiger partial charge in [-0.15, -0.1) is 0 Å². The van der Waals surface area contributed by atoms with E-state index in [0.29, 0.717) is 17.4 Å². The van der Waals surface area contributed by atoms with Crippen LogP contribution in [0.3, 0.4) is 0 Å². The number of aliphatic hydroxyl groups excluding tert-OH is 1. The number of hydrogen-bond donors (Lipinski definition) is 1. The normalized spacial score (nSPS) is 14.1. The second-order valence-corrected chi connectivity index (χ2v) is 3.17. The van der Waals surface area contributed by atoms with Crippen LogP contribution < -0.4 is 0 Å². The van der Waals surface area contributed by atoms with E-state index in [1.54, 1.807) is 31.2 Å². The Hall–Kier alpha value is -1.66. The van der Waals surface area contributed by atoms with Crippen LogP contribution in [0.25, 0.3) is 0 Å². The molecule has 1 N–H and O–H groups in total. The average molecular weight is 189 g/mol. The highest BCUT2D eigenvalue weighted by atomic mass is 16.3. The molecule has 14 heavy (non-hydrogen) atoms. The van der Waals surface area contributed by atoms with Crippen molar-refractivity contribution in [2.24, 2.45) is 5.92 Å². The number of aliphatic hydroxyl groups is 1. The lowest BCUT2D eigenvalue weighted by molar-refractivity contribution is -0.113. The first-order valence-electron chi connectivity index (χ1n) is 4.32. The van der Waals surface area contributed by atoms with Crippen molar-refractivity contribution >= 4 is 6.29 Å². The van der Waals surface area contributed by atoms with Crippen LogP contribution in [0.15, 0.2) is 24.3 Å². The zero-order valence-electron chi connectivity index (χ0n) is 7.84. The molecule has 3 heteroatoms. The number of carbonyl (C=O) groups is 1. The number of aldehydes is 1. The van der Waals surface area contributed by atoms with Crippen LogP contribution in [0.1, 0.15) is 24.2 Å². The van der Waals surface area contributed by atoms with Crippen molar-refractivity contribution in [3.8, 4) is 6.07 Å². The van der Waals surface area contributed by atoms with Crippen molar-refractivity contribution in [3.63, 3.8) is 0 Å². The molecule has 0 aliphatic heterocycles. The number of nitriles is 1. The number of rotatable bonds is 3. The summed E-state index contributed by atoms with van der Waals surface area (Å²) in [5.74, 6) is -0.428. The molecule has 0 fully saturated rings. The summed E-state index contributed by atoms with van der Waals surface area (Å²) in [6.07, 6.45) is -0.0803. The predicted molar refractivity (Wildman–Crippen MR) is 51.3 cm³/mol. The Morgan fingerprint density at radius 3 is 2.43 bits per heavy atom. The maximum atomic E-state index is 10.4. The number of hydrogen-bond acceptors (Lipinski definition) is 3. The minimum atomic E-state index is -0.791. The fraction of sp³-hybridized carbons (Fsp3) is 0.273. The van der Waals surface area contributed by atoms with Crippen molar-refractivity contribution in [3.05, 3.63) is 35.4 Å². The predicted octanol–water partition coefficient (Wildman–Crippen LogP) is 1.43. The quantitative estimate of drug-likeness (QED) is 0.731. The summed E-state index contributed by atoms with van der Waals surface area (Å²) in [7, 11) is 0. The topological polar surface area (TPSA) is 61.1 Å². The molecule has 1 rings (SSSR count). The minimum Gasteiger partial charge on any atom is -0.388 e. The van der Waals surface area contributed by atoms with E-state index in [2.05, 4.69) is 0 Å². The van der Waals surface area contributed by atoms with Crippen LogP contribution in [0.2, 0.25) is 0 Å². The van der Waals surface area contributed by atoms with Crippen molar-refractivity contribution in [1.29, 1.82) is 5.26 Å². The van der Waals surface area contributed by atoms with E-state index in [-0.39, 0.29) is 0 Å². The van der Waals surface area contributed by atoms with Crippen molar-refractivity contribution < 1.29 is 9.90 Å². The SMILES string of the molecule is C[C@H](C=O)[C@H](O)c1ccc(C#N)cc1. The van der Waals surface area contributed by atoms with Gasteiger partial charge in [0.15, 0.2) is 0 Å². The Morgan fingerprint density at radius 2 is 2.00 bits per heavy atom. The Bertz CT molecular complexity index is 351. The van der Waals surface area contributed by atoms with Crippen molar-refractivity contribution in [1.82, 2.24) is 0 Å². The summed E-state index contributed by atoms with van der Waals surface area (Å²) in [6, 6.07) is 8.54. The van der Waals surface area contributed by atoms with Crippen molar-refractivity contribution in [2.75, 3.05) is 0 Å². The summed E-state index contributed by atoms with van der Waals surface area (Å²) in [5, 5.41) is 18.2. The third-order valence-corrected chi connectivity index (χ3v) is 2.09. The van der Waals surface area contributed by atoms with Gasteiger partial charge in [0.05, 0.1) is 17.7 Å². The van der Waals surface area contributed by atoms with Gasteiger partial charge < -0.3 is 9.90 Å². The van der Waals surface area contributed by atoms with Gasteiger partial charge in [0.1, 0.15) is 6.29 Å². The van der Waals surface area contributed by atoms with E-state index < -0.39 is 12.0 Å². The molecule has 1 aromatic rings. The van der Waals surface area contributed by atoms with Gasteiger partial charge in [-0.25, -0.2) is 0 Å². The van der Waals surface area contributed by atoms with E-state index in [9.17, 15) is 9.90 Å². The van der Waals surface area contributed by atoms with Crippen LogP contribution in [-0.2, 0) is 4.79 Å². The molecule has 0 unspecified atom stereocenters. The van der Waals surface area contributed by atoms with E-state index in [0.717, 1.165) is 0 Å². The zero-order chi connectivity index (χ0) is 10.6. The Kier molecular flexibility index (Phi) is 3.38. The Morgan fingerprint density at radius 1 is 1.43 bits per heavy atom. The molecular weight excluding hydrogens is 178 g/mol. The standard InChI is InChI=1S/C11H11NO2/c1-8(7-13)11(14)10-4-2-9(6-12)3-5-10/h2-5,7-8,11,14H,1H3/t8-,11+/m1/s1. The van der Waals surface area contributed by atoms with Gasteiger partial charge in [-0.05, 0) is 17.7 Å². The third kappa shape index (κ3) is 2.18. The van der Waals surface area contributed by atoms with Gasteiger partial charge >= 0.3 is 0 Å². The van der Waals surface area contributed by atoms with Crippen LogP contribution >= 0.6 is 0 Å². The summed E-state index contributed by atoms with van der Waals surface area (Å²) in [6.45, 7) is 1.65. The molecule has 0 radical (unpaired) electrons. The molecule has 0 spiro atoms. The van der Waals surface area contributed by atoms with Crippen LogP contribution in [0.4, 0.5) is 0 Å². The smallest absolute Gasteiger partial charge is 0.125 e. The number of benzene rings is 1. The molecule has 0 aliphatic rings. The van der Waals surface area contributed by atoms with E-state index in [1.807, 2.05) is 6.07 Å². The maximum absolute atomic E-state index is 10.4. The second kappa shape index (κ2) is 4.54. The lowest BCUT2D eigenvalue weighted by atomic mass is 9.98. The number of carbonyl (C=O) groups excluding carboxylic acids is 1. The molecule has 0 saturated carbocycles. The zero-order valence-corrected chi connectivity index (χ0v) is 7.84. The Balaban J connectivity index is 2.87. The van der Waals surface area contributed by atoms with Gasteiger partial charge in [0.2, 0.25) is 0 Å². The average Bonchev–Trinajstić information content (AvgIpc) is 2.27. The molecule has 0 bridgehead atoms. The van der Waals surface area contributed by atoms with Crippen molar-refractivity contribution in [2.45, 2.75) is 13.0 Å². The molecule has 0 aliphatic carbocycles. The van der Waals surface area contributed by atoms with Gasteiger partial charge in [-0.1, -0.05) is 19.1 Å². The highest BCUT2D eigenvalue weighted by Gasteiger charge is 2.14. The second-order valence-electron chi connectivity index (χ2n) is 3.17. The van der Waals surface area contributed by atoms with Gasteiger partial charge in [0.25, 0.3) is 0 Å². The van der Waals surface area contributed by atoms with Crippen LogP contribution in [0, 0.1) is 17.2 Å². The van der Waals surface area contributed by atoms with Crippen LogP contribution in [-0.4, -0.2) is 11.4 Å². The fourth-order valence-electron chi connectivity index (χ4n) is 1.13. The summed E-state index contributed by atoms with van der Waals surface area (Å²) >= 11 is 0. The minimum absolute atomic E-state index is 0.428. The van der Waals surface area contributed by atoms with E-state index in [1.165, 1.54) is 0 Å². The monoisotopic (exact) mass is 189 g/mol. The summed E-state index contributed by atoms with van der Waals surface area (Å²) < 4.78 is 0. The first-order valence-corrected chi connectivity index (χ1v) is 4.32. The van der Waals surface area contributed by atoms with Gasteiger partial charge in [-0.3, -0.25) is 0 Å². The molecule has 0 aromatic heterocycles. The third-order valence-electron chi connectivity index (χ3n) is 2.09. The van der Waals surface area contributed by atoms with E-state index in [4.69, 9.17) is 5.26 Å². The Labute approximate surface area is 82.6 Å². The lowest BCUT2D eigenvalue weighted by Crippen LogP contribution is -2.09. The molecule has 0 heterocycles. The molecule has 3 nitrogen and oxygen atoms in total. The first kappa shape index (κ1) is 10.4. The van der Waals surface area contributed by atoms with Crippen LogP contribution in [0.5, 0.6) is 0 Å². The molecule has 1 aromatic carbocycles. The summed E-state index contributed by atoms with van der Waals surface area (Å²) in [5.41, 5.74) is 1.20. The highest BCUT2D eigenvalue weighted by Crippen LogP contribution is 2.20. The highest BCUT2D eigenvalue weighted by molar-refractivity contribution is 5.54. The lowest BCUT2D eigenvalue weighted by Gasteiger charge is -2.13. The van der Waals surface area contributed by atoms with Gasteiger partial charge in [-0.2, -0.15) is 5.26 Å². The molecular formula is C11H11NO2. The number of nitrogens with zero attached hydrogens (tertiary/aromatic N) is 1. The first-order chi connectivity index (χ1) is 6.69. The summed E-state index contributed by atoms with van der Waals surface area (Å²) in [4.78, 5) is 10.4. The molecule has 2 atom stereocenters. The molecule has 72 valence electrons. The largest absolute Gasteiger partial charge is 0.388 e. The molecule has 0 saturated heterocycles.